The molecule has 4 nitrogen and oxygen atoms in total. The van der Waals surface area contributed by atoms with Crippen LogP contribution in [-0.4, -0.2) is 27.7 Å². The number of ether oxygens (including phenoxy) is 1. The SMILES string of the molecule is CCOCCCn1cnc2cc(-c3ccc(C)cc3)c(-c3cccnc3)cc21. The van der Waals surface area contributed by atoms with Gasteiger partial charge in [-0.25, -0.2) is 4.98 Å². The molecule has 2 aromatic heterocycles. The maximum Gasteiger partial charge on any atom is 0.0958 e. The summed E-state index contributed by atoms with van der Waals surface area (Å²) in [6.45, 7) is 6.56. The lowest BCUT2D eigenvalue weighted by Crippen LogP contribution is -2.01. The number of nitrogens with zero attached hydrogens (tertiary/aromatic N) is 3. The number of rotatable bonds is 7. The van der Waals surface area contributed by atoms with E-state index in [1.54, 1.807) is 0 Å². The highest BCUT2D eigenvalue weighted by atomic mass is 16.5. The third-order valence-corrected chi connectivity index (χ3v) is 4.99. The van der Waals surface area contributed by atoms with E-state index in [-0.39, 0.29) is 0 Å². The fraction of sp³-hybridized carbons (Fsp3) is 0.250. The Kier molecular flexibility index (Phi) is 5.49. The van der Waals surface area contributed by atoms with Crippen molar-refractivity contribution in [2.45, 2.75) is 26.8 Å². The van der Waals surface area contributed by atoms with Crippen LogP contribution in [0.3, 0.4) is 0 Å². The van der Waals surface area contributed by atoms with Crippen molar-refractivity contribution in [1.29, 1.82) is 0 Å². The van der Waals surface area contributed by atoms with Crippen LogP contribution in [0.2, 0.25) is 0 Å². The molecule has 0 aliphatic heterocycles. The van der Waals surface area contributed by atoms with Gasteiger partial charge in [0.25, 0.3) is 0 Å². The van der Waals surface area contributed by atoms with Gasteiger partial charge in [0.05, 0.1) is 17.4 Å². The van der Waals surface area contributed by atoms with Gasteiger partial charge in [-0.15, -0.1) is 0 Å². The predicted molar refractivity (Wildman–Crippen MR) is 114 cm³/mol. The lowest BCUT2D eigenvalue weighted by atomic mass is 9.94. The highest BCUT2D eigenvalue weighted by molar-refractivity contribution is 5.93. The summed E-state index contributed by atoms with van der Waals surface area (Å²) in [6.07, 6.45) is 6.64. The highest BCUT2D eigenvalue weighted by Crippen LogP contribution is 2.35. The van der Waals surface area contributed by atoms with Crippen LogP contribution in [0.25, 0.3) is 33.3 Å². The fourth-order valence-corrected chi connectivity index (χ4v) is 3.50. The van der Waals surface area contributed by atoms with E-state index < -0.39 is 0 Å². The lowest BCUT2D eigenvalue weighted by molar-refractivity contribution is 0.142. The Labute approximate surface area is 165 Å². The number of hydrogen-bond acceptors (Lipinski definition) is 3. The number of hydrogen-bond donors (Lipinski definition) is 0. The molecule has 0 saturated carbocycles. The zero-order chi connectivity index (χ0) is 19.3. The van der Waals surface area contributed by atoms with Crippen LogP contribution in [0.1, 0.15) is 18.9 Å². The number of pyridine rings is 1. The Balaban J connectivity index is 1.80. The first kappa shape index (κ1) is 18.4. The number of fused-ring (bicyclic) bond motifs is 1. The molecule has 0 aliphatic carbocycles. The molecule has 0 saturated heterocycles. The number of benzene rings is 2. The fourth-order valence-electron chi connectivity index (χ4n) is 3.50. The normalized spacial score (nSPS) is 11.2. The standard InChI is InChI=1S/C24H25N3O/c1-3-28-13-5-12-27-17-26-23-14-21(19-9-7-18(2)8-10-19)22(15-24(23)27)20-6-4-11-25-16-20/h4,6-11,14-17H,3,5,12-13H2,1-2H3. The number of aromatic nitrogens is 3. The van der Waals surface area contributed by atoms with Gasteiger partial charge in [0.1, 0.15) is 0 Å². The zero-order valence-electron chi connectivity index (χ0n) is 16.4. The molecule has 0 amide bonds. The number of imidazole rings is 1. The van der Waals surface area contributed by atoms with Crippen LogP contribution in [0, 0.1) is 6.92 Å². The second-order valence-electron chi connectivity index (χ2n) is 6.98. The van der Waals surface area contributed by atoms with Crippen LogP contribution in [0.5, 0.6) is 0 Å². The summed E-state index contributed by atoms with van der Waals surface area (Å²) in [5.74, 6) is 0. The summed E-state index contributed by atoms with van der Waals surface area (Å²) in [5.41, 5.74) is 8.08. The molecule has 4 aromatic rings. The van der Waals surface area contributed by atoms with E-state index >= 15 is 0 Å². The van der Waals surface area contributed by atoms with E-state index in [2.05, 4.69) is 63.9 Å². The Bertz CT molecular complexity index is 1050. The summed E-state index contributed by atoms with van der Waals surface area (Å²) in [5, 5.41) is 0. The Morgan fingerprint density at radius 2 is 1.82 bits per heavy atom. The summed E-state index contributed by atoms with van der Waals surface area (Å²) >= 11 is 0. The van der Waals surface area contributed by atoms with Crippen LogP contribution in [0.4, 0.5) is 0 Å². The summed E-state index contributed by atoms with van der Waals surface area (Å²) in [4.78, 5) is 8.99. The second kappa shape index (κ2) is 8.36. The first-order valence-electron chi connectivity index (χ1n) is 9.80. The quantitative estimate of drug-likeness (QED) is 0.403. The monoisotopic (exact) mass is 371 g/mol. The van der Waals surface area contributed by atoms with Crippen molar-refractivity contribution in [3.05, 3.63) is 72.8 Å². The van der Waals surface area contributed by atoms with Crippen LogP contribution in [0.15, 0.2) is 67.3 Å². The van der Waals surface area contributed by atoms with Crippen molar-refractivity contribution in [3.8, 4) is 22.3 Å². The highest BCUT2D eigenvalue weighted by Gasteiger charge is 2.13. The summed E-state index contributed by atoms with van der Waals surface area (Å²) in [7, 11) is 0. The second-order valence-corrected chi connectivity index (χ2v) is 6.98. The summed E-state index contributed by atoms with van der Waals surface area (Å²) in [6, 6.07) is 17.2. The van der Waals surface area contributed by atoms with Crippen molar-refractivity contribution >= 4 is 11.0 Å². The first-order chi connectivity index (χ1) is 13.8. The van der Waals surface area contributed by atoms with Crippen molar-refractivity contribution in [1.82, 2.24) is 14.5 Å². The molecule has 4 heteroatoms. The zero-order valence-corrected chi connectivity index (χ0v) is 16.4. The van der Waals surface area contributed by atoms with Gasteiger partial charge < -0.3 is 9.30 Å². The van der Waals surface area contributed by atoms with Crippen molar-refractivity contribution in [2.24, 2.45) is 0 Å². The van der Waals surface area contributed by atoms with Crippen molar-refractivity contribution in [3.63, 3.8) is 0 Å². The maximum atomic E-state index is 5.48. The van der Waals surface area contributed by atoms with E-state index in [9.17, 15) is 0 Å². The van der Waals surface area contributed by atoms with Crippen LogP contribution in [-0.2, 0) is 11.3 Å². The Morgan fingerprint density at radius 1 is 1.00 bits per heavy atom. The van der Waals surface area contributed by atoms with Crippen LogP contribution >= 0.6 is 0 Å². The molecule has 0 fully saturated rings. The molecular weight excluding hydrogens is 346 g/mol. The molecule has 0 unspecified atom stereocenters. The molecule has 0 N–H and O–H groups in total. The molecule has 142 valence electrons. The molecular formula is C24H25N3O. The van der Waals surface area contributed by atoms with Gasteiger partial charge in [0.15, 0.2) is 0 Å². The van der Waals surface area contributed by atoms with E-state index in [1.165, 1.54) is 22.3 Å². The van der Waals surface area contributed by atoms with Gasteiger partial charge in [-0.05, 0) is 55.2 Å². The van der Waals surface area contributed by atoms with E-state index in [0.29, 0.717) is 0 Å². The molecule has 2 heterocycles. The molecule has 4 rings (SSSR count). The lowest BCUT2D eigenvalue weighted by Gasteiger charge is -2.12. The topological polar surface area (TPSA) is 39.9 Å². The Hall–Kier alpha value is -2.98. The van der Waals surface area contributed by atoms with E-state index in [0.717, 1.165) is 42.8 Å². The minimum absolute atomic E-state index is 0.760. The van der Waals surface area contributed by atoms with E-state index in [1.807, 2.05) is 31.7 Å². The van der Waals surface area contributed by atoms with Gasteiger partial charge in [0.2, 0.25) is 0 Å². The Morgan fingerprint density at radius 3 is 2.57 bits per heavy atom. The third kappa shape index (κ3) is 3.82. The molecule has 0 atom stereocenters. The van der Waals surface area contributed by atoms with E-state index in [4.69, 9.17) is 4.74 Å². The first-order valence-corrected chi connectivity index (χ1v) is 9.80. The van der Waals surface area contributed by atoms with Crippen molar-refractivity contribution in [2.75, 3.05) is 13.2 Å². The van der Waals surface area contributed by atoms with Crippen molar-refractivity contribution < 1.29 is 4.74 Å². The third-order valence-electron chi connectivity index (χ3n) is 4.99. The van der Waals surface area contributed by atoms with Gasteiger partial charge in [-0.1, -0.05) is 35.9 Å². The summed E-state index contributed by atoms with van der Waals surface area (Å²) < 4.78 is 7.70. The average molecular weight is 371 g/mol. The van der Waals surface area contributed by atoms with Gasteiger partial charge in [-0.2, -0.15) is 0 Å². The van der Waals surface area contributed by atoms with Gasteiger partial charge in [-0.3, -0.25) is 4.98 Å². The van der Waals surface area contributed by atoms with Crippen LogP contribution < -0.4 is 0 Å². The molecule has 0 aliphatic rings. The molecule has 0 spiro atoms. The molecule has 28 heavy (non-hydrogen) atoms. The van der Waals surface area contributed by atoms with Gasteiger partial charge in [0, 0.05) is 37.7 Å². The average Bonchev–Trinajstić information content (AvgIpc) is 3.13. The molecule has 0 bridgehead atoms. The van der Waals surface area contributed by atoms with Gasteiger partial charge >= 0.3 is 0 Å². The molecule has 0 radical (unpaired) electrons. The largest absolute Gasteiger partial charge is 0.382 e. The maximum absolute atomic E-state index is 5.48. The number of aryl methyl sites for hydroxylation is 2. The smallest absolute Gasteiger partial charge is 0.0958 e. The molecule has 2 aromatic carbocycles. The predicted octanol–water partition coefficient (Wildman–Crippen LogP) is 5.50. The minimum atomic E-state index is 0.760. The minimum Gasteiger partial charge on any atom is -0.382 e.